The minimum absolute atomic E-state index is 0.0574. The summed E-state index contributed by atoms with van der Waals surface area (Å²) in [5, 5.41) is 11.0. The van der Waals surface area contributed by atoms with Crippen molar-refractivity contribution in [2.45, 2.75) is 26.8 Å². The van der Waals surface area contributed by atoms with Crippen LogP contribution in [0.3, 0.4) is 0 Å². The first kappa shape index (κ1) is 15.8. The van der Waals surface area contributed by atoms with Crippen LogP contribution < -0.4 is 10.3 Å². The van der Waals surface area contributed by atoms with Gasteiger partial charge in [-0.05, 0) is 31.0 Å². The number of aryl methyl sites for hydroxylation is 1. The second kappa shape index (κ2) is 6.89. The van der Waals surface area contributed by atoms with Crippen molar-refractivity contribution in [3.05, 3.63) is 68.1 Å². The van der Waals surface area contributed by atoms with E-state index in [1.54, 1.807) is 6.92 Å². The molecule has 0 atom stereocenters. The van der Waals surface area contributed by atoms with Crippen LogP contribution in [0.2, 0.25) is 0 Å². The molecule has 0 aliphatic heterocycles. The van der Waals surface area contributed by atoms with Gasteiger partial charge >= 0.3 is 0 Å². The molecule has 0 spiro atoms. The first-order valence-electron chi connectivity index (χ1n) is 7.08. The molecular weight excluding hydrogens is 284 g/mol. The molecule has 0 N–H and O–H groups in total. The highest BCUT2D eigenvalue weighted by Crippen LogP contribution is 2.17. The molecule has 0 bridgehead atoms. The van der Waals surface area contributed by atoms with Gasteiger partial charge in [-0.15, -0.1) is 0 Å². The number of hydrogen-bond donors (Lipinski definition) is 0. The van der Waals surface area contributed by atoms with Crippen LogP contribution >= 0.6 is 0 Å². The zero-order valence-corrected chi connectivity index (χ0v) is 12.6. The average molecular weight is 302 g/mol. The van der Waals surface area contributed by atoms with Crippen LogP contribution in [-0.4, -0.2) is 16.1 Å². The van der Waals surface area contributed by atoms with Crippen LogP contribution in [0.25, 0.3) is 0 Å². The lowest BCUT2D eigenvalue weighted by Gasteiger charge is -2.09. The summed E-state index contributed by atoms with van der Waals surface area (Å²) in [4.78, 5) is 22.5. The molecule has 116 valence electrons. The summed E-state index contributed by atoms with van der Waals surface area (Å²) in [5.41, 5.74) is 0.904. The van der Waals surface area contributed by atoms with Crippen molar-refractivity contribution in [1.29, 1.82) is 0 Å². The number of ether oxygens (including phenoxy) is 1. The Morgan fingerprint density at radius 1 is 1.32 bits per heavy atom. The topological polar surface area (TPSA) is 74.4 Å². The van der Waals surface area contributed by atoms with Gasteiger partial charge < -0.3 is 9.30 Å². The van der Waals surface area contributed by atoms with Crippen LogP contribution in [-0.2, 0) is 6.54 Å². The van der Waals surface area contributed by atoms with Gasteiger partial charge in [0, 0.05) is 11.6 Å². The molecule has 0 unspecified atom stereocenters. The third-order valence-corrected chi connectivity index (χ3v) is 3.23. The predicted octanol–water partition coefficient (Wildman–Crippen LogP) is 2.90. The Hall–Kier alpha value is -2.63. The minimum Gasteiger partial charge on any atom is -0.494 e. The number of benzene rings is 1. The van der Waals surface area contributed by atoms with E-state index in [-0.39, 0.29) is 17.8 Å². The normalized spacial score (nSPS) is 10.5. The molecule has 6 nitrogen and oxygen atoms in total. The average Bonchev–Trinajstić information content (AvgIpc) is 2.48. The molecule has 0 saturated heterocycles. The third kappa shape index (κ3) is 3.72. The van der Waals surface area contributed by atoms with Crippen LogP contribution in [0.4, 0.5) is 5.69 Å². The first-order valence-corrected chi connectivity index (χ1v) is 7.08. The summed E-state index contributed by atoms with van der Waals surface area (Å²) in [6.07, 6.45) is 2.20. The van der Waals surface area contributed by atoms with Crippen LogP contribution in [0, 0.1) is 17.0 Å². The molecule has 1 aromatic heterocycles. The van der Waals surface area contributed by atoms with Gasteiger partial charge in [0.1, 0.15) is 5.75 Å². The predicted molar refractivity (Wildman–Crippen MR) is 83.4 cm³/mol. The van der Waals surface area contributed by atoms with E-state index in [9.17, 15) is 14.9 Å². The summed E-state index contributed by atoms with van der Waals surface area (Å²) in [6.45, 7) is 4.47. The molecular formula is C16H18N2O4. The van der Waals surface area contributed by atoms with Gasteiger partial charge in [-0.25, -0.2) is 0 Å². The summed E-state index contributed by atoms with van der Waals surface area (Å²) >= 11 is 0. The van der Waals surface area contributed by atoms with Gasteiger partial charge in [0.2, 0.25) is 0 Å². The van der Waals surface area contributed by atoms with Gasteiger partial charge in [0.15, 0.2) is 0 Å². The lowest BCUT2D eigenvalue weighted by molar-refractivity contribution is -0.385. The molecule has 0 aliphatic carbocycles. The fraction of sp³-hybridized carbons (Fsp3) is 0.312. The molecule has 0 fully saturated rings. The molecule has 1 aromatic carbocycles. The SMILES string of the molecule is CCCOc1cccc(Cn2cc([N+](=O)[O-])c(C)cc2=O)c1. The van der Waals surface area contributed by atoms with E-state index in [4.69, 9.17) is 4.74 Å². The van der Waals surface area contributed by atoms with Gasteiger partial charge in [-0.2, -0.15) is 0 Å². The van der Waals surface area contributed by atoms with Crippen molar-refractivity contribution in [3.63, 3.8) is 0 Å². The maximum absolute atomic E-state index is 12.0. The van der Waals surface area contributed by atoms with Gasteiger partial charge in [-0.3, -0.25) is 14.9 Å². The zero-order chi connectivity index (χ0) is 16.1. The van der Waals surface area contributed by atoms with Crippen molar-refractivity contribution in [1.82, 2.24) is 4.57 Å². The molecule has 0 amide bonds. The Labute approximate surface area is 128 Å². The fourth-order valence-corrected chi connectivity index (χ4v) is 2.12. The Bertz CT molecular complexity index is 737. The third-order valence-electron chi connectivity index (χ3n) is 3.23. The minimum atomic E-state index is -0.480. The van der Waals surface area contributed by atoms with E-state index in [0.29, 0.717) is 12.2 Å². The van der Waals surface area contributed by atoms with E-state index < -0.39 is 4.92 Å². The van der Waals surface area contributed by atoms with Gasteiger partial charge in [0.05, 0.1) is 24.3 Å². The Morgan fingerprint density at radius 3 is 2.77 bits per heavy atom. The second-order valence-corrected chi connectivity index (χ2v) is 5.06. The van der Waals surface area contributed by atoms with Gasteiger partial charge in [-0.1, -0.05) is 19.1 Å². The molecule has 1 heterocycles. The van der Waals surface area contributed by atoms with Crippen molar-refractivity contribution in [2.75, 3.05) is 6.61 Å². The highest BCUT2D eigenvalue weighted by atomic mass is 16.6. The molecule has 22 heavy (non-hydrogen) atoms. The summed E-state index contributed by atoms with van der Waals surface area (Å²) < 4.78 is 6.89. The summed E-state index contributed by atoms with van der Waals surface area (Å²) in [6, 6.07) is 8.67. The quantitative estimate of drug-likeness (QED) is 0.607. The van der Waals surface area contributed by atoms with Crippen LogP contribution in [0.1, 0.15) is 24.5 Å². The highest BCUT2D eigenvalue weighted by Gasteiger charge is 2.13. The molecule has 2 rings (SSSR count). The molecule has 0 aliphatic rings. The Kier molecular flexibility index (Phi) is 4.93. The van der Waals surface area contributed by atoms with E-state index in [2.05, 4.69) is 0 Å². The van der Waals surface area contributed by atoms with Crippen molar-refractivity contribution >= 4 is 5.69 Å². The summed E-state index contributed by atoms with van der Waals surface area (Å²) in [7, 11) is 0. The molecule has 0 saturated carbocycles. The maximum atomic E-state index is 12.0. The van der Waals surface area contributed by atoms with Crippen molar-refractivity contribution < 1.29 is 9.66 Å². The highest BCUT2D eigenvalue weighted by molar-refractivity contribution is 5.36. The smallest absolute Gasteiger partial charge is 0.288 e. The number of aromatic nitrogens is 1. The fourth-order valence-electron chi connectivity index (χ4n) is 2.12. The monoisotopic (exact) mass is 302 g/mol. The van der Waals surface area contributed by atoms with E-state index >= 15 is 0 Å². The van der Waals surface area contributed by atoms with E-state index in [1.165, 1.54) is 16.8 Å². The number of nitrogens with zero attached hydrogens (tertiary/aromatic N) is 2. The maximum Gasteiger partial charge on any atom is 0.288 e. The van der Waals surface area contributed by atoms with Crippen molar-refractivity contribution in [3.8, 4) is 5.75 Å². The molecule has 6 heteroatoms. The lowest BCUT2D eigenvalue weighted by atomic mass is 10.2. The largest absolute Gasteiger partial charge is 0.494 e. The molecule has 0 radical (unpaired) electrons. The number of pyridine rings is 1. The van der Waals surface area contributed by atoms with Crippen LogP contribution in [0.15, 0.2) is 41.3 Å². The number of hydrogen-bond acceptors (Lipinski definition) is 4. The first-order chi connectivity index (χ1) is 10.5. The molecule has 2 aromatic rings. The van der Waals surface area contributed by atoms with Crippen molar-refractivity contribution in [2.24, 2.45) is 0 Å². The Morgan fingerprint density at radius 2 is 2.09 bits per heavy atom. The number of nitro groups is 1. The standard InChI is InChI=1S/C16H18N2O4/c1-3-7-22-14-6-4-5-13(9-14)10-17-11-15(18(20)21)12(2)8-16(17)19/h4-6,8-9,11H,3,7,10H2,1-2H3. The lowest BCUT2D eigenvalue weighted by Crippen LogP contribution is -2.20. The second-order valence-electron chi connectivity index (χ2n) is 5.06. The summed E-state index contributed by atoms with van der Waals surface area (Å²) in [5.74, 6) is 0.731. The van der Waals surface area contributed by atoms with E-state index in [0.717, 1.165) is 17.7 Å². The van der Waals surface area contributed by atoms with Gasteiger partial charge in [0.25, 0.3) is 11.2 Å². The number of rotatable bonds is 6. The zero-order valence-electron chi connectivity index (χ0n) is 12.6. The van der Waals surface area contributed by atoms with E-state index in [1.807, 2.05) is 31.2 Å². The van der Waals surface area contributed by atoms with Crippen LogP contribution in [0.5, 0.6) is 5.75 Å². The Balaban J connectivity index is 2.29.